The first kappa shape index (κ1) is 27.4. The second-order valence-electron chi connectivity index (χ2n) is 9.30. The van der Waals surface area contributed by atoms with E-state index in [9.17, 15) is 14.9 Å². The summed E-state index contributed by atoms with van der Waals surface area (Å²) in [5, 5.41) is 22.1. The van der Waals surface area contributed by atoms with Crippen LogP contribution in [0.4, 0.5) is 10.8 Å². The number of methoxy groups -OCH3 is 1. The topological polar surface area (TPSA) is 134 Å². The number of benzene rings is 2. The van der Waals surface area contributed by atoms with Crippen molar-refractivity contribution >= 4 is 45.6 Å². The van der Waals surface area contributed by atoms with Crippen LogP contribution < -0.4 is 20.7 Å². The van der Waals surface area contributed by atoms with Gasteiger partial charge in [0, 0.05) is 17.7 Å². The molecule has 2 aliphatic rings. The molecule has 2 aromatic carbocycles. The highest BCUT2D eigenvalue weighted by Crippen LogP contribution is 2.47. The molecule has 2 heterocycles. The number of carbonyl (C=O) groups excluding carboxylic acids is 2. The van der Waals surface area contributed by atoms with Crippen molar-refractivity contribution in [3.8, 4) is 11.8 Å². The number of aryl methyl sites for hydroxylation is 1. The standard InChI is InChI=1S/C29H28N6O3S2/c1-3-17-11-13-18(14-12-17)25-19(15-30)27(31)35(21-8-6-9-22(36)26(21)25)28-33-34-29(40-28)39-16-24(37)32-20-7-4-5-10-23(20)38-2/h4-5,7,10-14,25H,3,6,8-9,16,31H2,1-2H3,(H,32,37). The molecule has 11 heteroatoms. The summed E-state index contributed by atoms with van der Waals surface area (Å²) in [4.78, 5) is 27.6. The van der Waals surface area contributed by atoms with Gasteiger partial charge < -0.3 is 15.8 Å². The summed E-state index contributed by atoms with van der Waals surface area (Å²) in [7, 11) is 1.55. The van der Waals surface area contributed by atoms with Crippen LogP contribution in [0.2, 0.25) is 0 Å². The van der Waals surface area contributed by atoms with Gasteiger partial charge in [-0.15, -0.1) is 10.2 Å². The number of anilines is 2. The van der Waals surface area contributed by atoms with Gasteiger partial charge in [-0.1, -0.05) is 66.4 Å². The number of nitrogens with one attached hydrogen (secondary N) is 1. The first-order valence-corrected chi connectivity index (χ1v) is 14.7. The van der Waals surface area contributed by atoms with Gasteiger partial charge in [-0.05, 0) is 42.5 Å². The number of para-hydroxylation sites is 2. The number of nitriles is 1. The average molecular weight is 573 g/mol. The normalized spacial score (nSPS) is 17.0. The van der Waals surface area contributed by atoms with Gasteiger partial charge in [0.05, 0.1) is 36.1 Å². The summed E-state index contributed by atoms with van der Waals surface area (Å²) in [6, 6.07) is 17.5. The van der Waals surface area contributed by atoms with Gasteiger partial charge in [0.2, 0.25) is 11.0 Å². The van der Waals surface area contributed by atoms with Crippen LogP contribution in [0, 0.1) is 11.3 Å². The summed E-state index contributed by atoms with van der Waals surface area (Å²) in [5.74, 6) is 0.227. The number of amides is 1. The number of ketones is 1. The van der Waals surface area contributed by atoms with E-state index in [0.717, 1.165) is 17.7 Å². The molecule has 1 atom stereocenters. The molecule has 0 saturated carbocycles. The molecule has 0 spiro atoms. The fourth-order valence-electron chi connectivity index (χ4n) is 5.00. The van der Waals surface area contributed by atoms with Crippen LogP contribution in [-0.4, -0.2) is 34.8 Å². The van der Waals surface area contributed by atoms with Crippen LogP contribution in [0.5, 0.6) is 5.75 Å². The third-order valence-electron chi connectivity index (χ3n) is 6.93. The van der Waals surface area contributed by atoms with Crippen molar-refractivity contribution in [2.24, 2.45) is 5.73 Å². The summed E-state index contributed by atoms with van der Waals surface area (Å²) >= 11 is 2.51. The zero-order valence-electron chi connectivity index (χ0n) is 22.1. The molecule has 1 amide bonds. The summed E-state index contributed by atoms with van der Waals surface area (Å²) in [6.45, 7) is 2.08. The van der Waals surface area contributed by atoms with Gasteiger partial charge in [-0.2, -0.15) is 5.26 Å². The van der Waals surface area contributed by atoms with Crippen molar-refractivity contribution in [2.45, 2.75) is 42.9 Å². The highest BCUT2D eigenvalue weighted by atomic mass is 32.2. The smallest absolute Gasteiger partial charge is 0.234 e. The van der Waals surface area contributed by atoms with Crippen LogP contribution >= 0.6 is 23.1 Å². The lowest BCUT2D eigenvalue weighted by Crippen LogP contribution is -2.38. The minimum atomic E-state index is -0.518. The molecule has 1 unspecified atom stereocenters. The van der Waals surface area contributed by atoms with E-state index in [-0.39, 0.29) is 23.3 Å². The minimum absolute atomic E-state index is 0.0168. The van der Waals surface area contributed by atoms with Crippen molar-refractivity contribution in [3.63, 3.8) is 0 Å². The molecule has 0 saturated heterocycles. The molecule has 3 N–H and O–H groups in total. The third-order valence-corrected chi connectivity index (χ3v) is 8.97. The average Bonchev–Trinajstić information content (AvgIpc) is 3.44. The van der Waals surface area contributed by atoms with Crippen LogP contribution in [0.3, 0.4) is 0 Å². The molecule has 9 nitrogen and oxygen atoms in total. The van der Waals surface area contributed by atoms with Crippen molar-refractivity contribution in [1.82, 2.24) is 10.2 Å². The molecular formula is C29H28N6O3S2. The van der Waals surface area contributed by atoms with E-state index in [0.29, 0.717) is 51.3 Å². The molecule has 40 heavy (non-hydrogen) atoms. The highest BCUT2D eigenvalue weighted by Gasteiger charge is 2.41. The number of thioether (sulfide) groups is 1. The highest BCUT2D eigenvalue weighted by molar-refractivity contribution is 8.01. The van der Waals surface area contributed by atoms with E-state index in [2.05, 4.69) is 28.5 Å². The van der Waals surface area contributed by atoms with Gasteiger partial charge in [0.25, 0.3) is 0 Å². The monoisotopic (exact) mass is 572 g/mol. The van der Waals surface area contributed by atoms with Gasteiger partial charge in [0.15, 0.2) is 10.1 Å². The Hall–Kier alpha value is -4.14. The molecule has 0 bridgehead atoms. The summed E-state index contributed by atoms with van der Waals surface area (Å²) in [5.41, 5.74) is 11.0. The molecule has 0 radical (unpaired) electrons. The Morgan fingerprint density at radius 3 is 2.73 bits per heavy atom. The Morgan fingerprint density at radius 2 is 2.00 bits per heavy atom. The van der Waals surface area contributed by atoms with Crippen LogP contribution in [0.25, 0.3) is 0 Å². The molecule has 3 aromatic rings. The Balaban J connectivity index is 1.41. The first-order valence-electron chi connectivity index (χ1n) is 12.9. The zero-order valence-corrected chi connectivity index (χ0v) is 23.8. The lowest BCUT2D eigenvalue weighted by molar-refractivity contribution is -0.116. The molecule has 1 aromatic heterocycles. The molecule has 0 fully saturated rings. The minimum Gasteiger partial charge on any atom is -0.495 e. The maximum absolute atomic E-state index is 13.3. The Bertz CT molecular complexity index is 1550. The summed E-state index contributed by atoms with van der Waals surface area (Å²) < 4.78 is 5.86. The molecule has 5 rings (SSSR count). The van der Waals surface area contributed by atoms with Crippen molar-refractivity contribution in [1.29, 1.82) is 5.26 Å². The number of nitrogens with two attached hydrogens (primary N) is 1. The van der Waals surface area contributed by atoms with Gasteiger partial charge in [-0.3, -0.25) is 14.5 Å². The van der Waals surface area contributed by atoms with E-state index in [4.69, 9.17) is 10.5 Å². The number of carbonyl (C=O) groups is 2. The van der Waals surface area contributed by atoms with Crippen molar-refractivity contribution in [3.05, 3.63) is 82.3 Å². The van der Waals surface area contributed by atoms with Gasteiger partial charge >= 0.3 is 0 Å². The third kappa shape index (κ3) is 5.33. The lowest BCUT2D eigenvalue weighted by atomic mass is 9.75. The lowest BCUT2D eigenvalue weighted by Gasteiger charge is -2.38. The van der Waals surface area contributed by atoms with Crippen LogP contribution in [0.1, 0.15) is 43.2 Å². The van der Waals surface area contributed by atoms with Gasteiger partial charge in [0.1, 0.15) is 11.6 Å². The number of hydrogen-bond donors (Lipinski definition) is 2. The predicted molar refractivity (Wildman–Crippen MR) is 156 cm³/mol. The zero-order chi connectivity index (χ0) is 28.2. The maximum atomic E-state index is 13.3. The van der Waals surface area contributed by atoms with Crippen LogP contribution in [0.15, 0.2) is 75.5 Å². The predicted octanol–water partition coefficient (Wildman–Crippen LogP) is 5.14. The number of aromatic nitrogens is 2. The molecule has 1 aliphatic heterocycles. The number of rotatable bonds is 8. The Morgan fingerprint density at radius 1 is 1.23 bits per heavy atom. The van der Waals surface area contributed by atoms with E-state index < -0.39 is 5.92 Å². The number of hydrogen-bond acceptors (Lipinski definition) is 10. The Labute approximate surface area is 240 Å². The van der Waals surface area contributed by atoms with E-state index >= 15 is 0 Å². The fourth-order valence-corrected chi connectivity index (χ4v) is 6.68. The second-order valence-corrected chi connectivity index (χ2v) is 11.5. The number of allylic oxidation sites excluding steroid dienone is 3. The van der Waals surface area contributed by atoms with E-state index in [1.165, 1.54) is 28.7 Å². The number of ether oxygens (including phenoxy) is 1. The Kier molecular flexibility index (Phi) is 8.19. The van der Waals surface area contributed by atoms with E-state index in [1.54, 1.807) is 24.1 Å². The van der Waals surface area contributed by atoms with Crippen molar-refractivity contribution in [2.75, 3.05) is 23.1 Å². The fraction of sp³-hybridized carbons (Fsp3) is 0.276. The van der Waals surface area contributed by atoms with Crippen LogP contribution in [-0.2, 0) is 16.0 Å². The summed E-state index contributed by atoms with van der Waals surface area (Å²) in [6.07, 6.45) is 2.64. The molecular weight excluding hydrogens is 544 g/mol. The number of Topliss-reactive ketones (excluding diaryl/α,β-unsaturated/α-hetero) is 1. The molecule has 204 valence electrons. The first-order chi connectivity index (χ1) is 19.4. The quantitative estimate of drug-likeness (QED) is 0.352. The molecule has 1 aliphatic carbocycles. The SMILES string of the molecule is CCc1ccc(C2C(C#N)=C(N)N(c3nnc(SCC(=O)Nc4ccccc4OC)s3)C3=C2C(=O)CCC3)cc1. The van der Waals surface area contributed by atoms with Crippen molar-refractivity contribution < 1.29 is 14.3 Å². The number of nitrogens with zero attached hydrogens (tertiary/aromatic N) is 4. The second kappa shape index (κ2) is 11.9. The van der Waals surface area contributed by atoms with Gasteiger partial charge in [-0.25, -0.2) is 0 Å². The maximum Gasteiger partial charge on any atom is 0.234 e. The largest absolute Gasteiger partial charge is 0.495 e. The van der Waals surface area contributed by atoms with E-state index in [1.807, 2.05) is 36.4 Å².